The van der Waals surface area contributed by atoms with E-state index in [1.165, 1.54) is 0 Å². The third-order valence-electron chi connectivity index (χ3n) is 12.1. The van der Waals surface area contributed by atoms with E-state index in [9.17, 15) is 93.5 Å². The minimum Gasteiger partial charge on any atom is -0.506 e. The van der Waals surface area contributed by atoms with Crippen LogP contribution in [0.2, 0.25) is 0 Å². The van der Waals surface area contributed by atoms with Gasteiger partial charge in [0.15, 0.2) is 59.0 Å². The number of nitrogens with zero attached hydrogens (tertiary/aromatic N) is 20. The van der Waals surface area contributed by atoms with E-state index in [1.807, 2.05) is 0 Å². The van der Waals surface area contributed by atoms with Gasteiger partial charge in [-0.05, 0) is 31.9 Å². The van der Waals surface area contributed by atoms with Crippen LogP contribution in [0.1, 0.15) is 37.2 Å². The SMILES string of the molecule is [N-]=[N+]=Nc1nc(N)c2ncn([C@@H]3O[C@H](CC(C[C@H]4O[C@@H](n5cnc6c(N)ncnc65)C(OP(=O)(O)O)=C4O)(OP(=O)(O)OP(=O)(O)OP(=O)(O)O)[C@H]4O[C@@H](n5cnc6c5NC(N=[N+]=[N-])(N=[N+]=[N-])N=C6N)[C@H](O)[C@@H]4O)[C@@H](O)[C@H]3OP(=O)(O)O)c2n1. The van der Waals surface area contributed by atoms with Gasteiger partial charge in [-0.15, -0.1) is 0 Å². The van der Waals surface area contributed by atoms with E-state index in [2.05, 4.69) is 83.9 Å². The van der Waals surface area contributed by atoms with Crippen LogP contribution in [0.25, 0.3) is 53.7 Å². The van der Waals surface area contributed by atoms with Crippen molar-refractivity contribution in [3.8, 4) is 0 Å². The maximum Gasteiger partial charge on any atom is 0.524 e. The summed E-state index contributed by atoms with van der Waals surface area (Å²) in [6, 6.07) is 0. The number of aliphatic hydroxyl groups excluding tert-OH is 4. The normalized spacial score (nSPS) is 28.5. The maximum absolute atomic E-state index is 14.5. The molecule has 9 rings (SSSR count). The van der Waals surface area contributed by atoms with Crippen molar-refractivity contribution >= 4 is 90.7 Å². The first kappa shape index (κ1) is 61.4. The number of nitrogens with one attached hydrogen (secondary N) is 1. The van der Waals surface area contributed by atoms with Crippen molar-refractivity contribution in [2.24, 2.45) is 26.1 Å². The third kappa shape index (κ3) is 12.2. The number of phosphoric ester groups is 3. The second-order valence-electron chi connectivity index (χ2n) is 17.5. The van der Waals surface area contributed by atoms with Crippen molar-refractivity contribution < 1.29 is 119 Å². The Morgan fingerprint density at radius 1 is 0.714 bits per heavy atom. The van der Waals surface area contributed by atoms with Gasteiger partial charge in [0.1, 0.15) is 71.1 Å². The molecule has 0 saturated carbocycles. The molecule has 0 bridgehead atoms. The topological polar surface area (TPSA) is 756 Å². The smallest absolute Gasteiger partial charge is 0.506 e. The number of azide groups is 2. The van der Waals surface area contributed by atoms with Crippen LogP contribution >= 0.6 is 39.1 Å². The first-order valence-electron chi connectivity index (χ1n) is 22.2. The van der Waals surface area contributed by atoms with Crippen LogP contribution in [-0.2, 0) is 59.2 Å². The Morgan fingerprint density at radius 2 is 1.37 bits per heavy atom. The lowest BCUT2D eigenvalue weighted by molar-refractivity contribution is -0.174. The molecule has 5 aromatic heterocycles. The standard InChI is InChI=1S/C30H37N24O25P5/c31-19-9-22(38-3-37-19)52(4-39-9)26-16(75-80(59,60)61)12(55)7(72-26)1-29(77-83(68,69)79-84(70,71)78-82(65,66)67,18-14(57)15(58)25(74-18)54-6-41-11-21(33)44-30(47-50-35,48-51-36)45-24(11)54)2-8-13(56)17(76-81(62,63)64)27(73-8)53-5-40-10-20(32)42-28(46-49-34)43-23(10)53/h3-8,13-15,17-18,25-27,45,55-58H,1-2H2,(H2,33,44)(H,68,69)(H,70,71)(H2,31,37,38)(H2,32,42,43)(H2,59,60,61)(H2,62,63,64)(H2,65,66,67)/t7-,8-,13-,14+,15-,17-,18+,25-,26-,27-,29?/m1/s1. The highest BCUT2D eigenvalue weighted by molar-refractivity contribution is 7.66. The molecule has 4 aliphatic rings. The number of imidazole rings is 3. The predicted octanol–water partition coefficient (Wildman–Crippen LogP) is -0.974. The quantitative estimate of drug-likeness (QED) is 0.0182. The molecule has 4 aliphatic heterocycles. The van der Waals surface area contributed by atoms with Gasteiger partial charge in [0.25, 0.3) is 5.91 Å². The van der Waals surface area contributed by atoms with Gasteiger partial charge in [-0.3, -0.25) is 32.5 Å². The summed E-state index contributed by atoms with van der Waals surface area (Å²) in [7, 11) is -31.4. The number of hydrogen-bond donors (Lipinski definition) is 16. The Balaban J connectivity index is 1.26. The molecule has 19 N–H and O–H groups in total. The molecule has 0 amide bonds. The maximum atomic E-state index is 14.5. The third-order valence-corrected chi connectivity index (χ3v) is 17.0. The van der Waals surface area contributed by atoms with Crippen molar-refractivity contribution in [2.45, 2.75) is 85.8 Å². The number of aliphatic imine (C=N–C) groups is 1. The second-order valence-corrected chi connectivity index (χ2v) is 24.2. The van der Waals surface area contributed by atoms with Gasteiger partial charge in [0.2, 0.25) is 5.95 Å². The van der Waals surface area contributed by atoms with Crippen LogP contribution in [0.5, 0.6) is 0 Å². The zero-order chi connectivity index (χ0) is 61.4. The summed E-state index contributed by atoms with van der Waals surface area (Å²) in [6.07, 6.45) is -24.6. The number of anilines is 3. The van der Waals surface area contributed by atoms with E-state index in [0.29, 0.717) is 0 Å². The largest absolute Gasteiger partial charge is 0.524 e. The molecule has 2 fully saturated rings. The van der Waals surface area contributed by atoms with Gasteiger partial charge in [0, 0.05) is 27.6 Å². The average Bonchev–Trinajstić information content (AvgIpc) is 1.79. The van der Waals surface area contributed by atoms with Crippen molar-refractivity contribution in [3.05, 3.63) is 73.9 Å². The van der Waals surface area contributed by atoms with Crippen LogP contribution in [0.4, 0.5) is 23.4 Å². The van der Waals surface area contributed by atoms with Gasteiger partial charge >= 0.3 is 39.1 Å². The molecule has 49 nitrogen and oxygen atoms in total. The molecule has 0 radical (unpaired) electrons. The Kier molecular flexibility index (Phi) is 16.1. The fraction of sp³-hybridized carbons (Fsp3) is 0.467. The molecule has 0 spiro atoms. The van der Waals surface area contributed by atoms with Crippen molar-refractivity contribution in [3.63, 3.8) is 0 Å². The molecule has 452 valence electrons. The van der Waals surface area contributed by atoms with Gasteiger partial charge < -0.3 is 91.0 Å². The average molecular weight is 1290 g/mol. The number of nitrogens with two attached hydrogens (primary N) is 3. The lowest BCUT2D eigenvalue weighted by Gasteiger charge is -2.42. The number of aliphatic hydroxyl groups is 4. The molecule has 84 heavy (non-hydrogen) atoms. The number of aromatic nitrogens is 10. The first-order valence-corrected chi connectivity index (χ1v) is 29.8. The summed E-state index contributed by atoms with van der Waals surface area (Å²) >= 11 is 0. The van der Waals surface area contributed by atoms with Crippen LogP contribution < -0.4 is 22.5 Å². The number of phosphoric acid groups is 5. The summed E-state index contributed by atoms with van der Waals surface area (Å²) < 4.78 is 109. The van der Waals surface area contributed by atoms with Crippen LogP contribution in [0.15, 0.2) is 57.2 Å². The van der Waals surface area contributed by atoms with E-state index in [0.717, 1.165) is 39.0 Å². The molecule has 54 heteroatoms. The Hall–Kier alpha value is -7.12. The van der Waals surface area contributed by atoms with E-state index in [1.54, 1.807) is 0 Å². The summed E-state index contributed by atoms with van der Waals surface area (Å²) in [5.74, 6) is -8.06. The predicted molar refractivity (Wildman–Crippen MR) is 262 cm³/mol. The lowest BCUT2D eigenvalue weighted by atomic mass is 9.80. The van der Waals surface area contributed by atoms with E-state index < -0.39 is 171 Å². The molecule has 0 aromatic carbocycles. The van der Waals surface area contributed by atoms with E-state index in [-0.39, 0.29) is 22.5 Å². The highest BCUT2D eigenvalue weighted by Gasteiger charge is 2.63. The molecule has 3 unspecified atom stereocenters. The van der Waals surface area contributed by atoms with Crippen molar-refractivity contribution in [1.29, 1.82) is 0 Å². The lowest BCUT2D eigenvalue weighted by Crippen LogP contribution is -2.55. The van der Waals surface area contributed by atoms with E-state index in [4.69, 9.17) is 50.5 Å². The number of amidine groups is 1. The second kappa shape index (κ2) is 22.1. The molecule has 9 heterocycles. The summed E-state index contributed by atoms with van der Waals surface area (Å²) in [5.41, 5.74) is 40.5. The highest BCUT2D eigenvalue weighted by Crippen LogP contribution is 2.68. The molecular formula is C30H37N24O25P5. The fourth-order valence-electron chi connectivity index (χ4n) is 9.20. The van der Waals surface area contributed by atoms with Crippen molar-refractivity contribution in [2.75, 3.05) is 16.8 Å². The van der Waals surface area contributed by atoms with E-state index >= 15 is 0 Å². The van der Waals surface area contributed by atoms with Crippen LogP contribution in [-0.4, -0.2) is 168 Å². The summed E-state index contributed by atoms with van der Waals surface area (Å²) in [4.78, 5) is 120. The summed E-state index contributed by atoms with van der Waals surface area (Å²) in [5, 5.41) is 60.8. The molecule has 5 aromatic rings. The minimum absolute atomic E-state index is 0.216. The Morgan fingerprint density at radius 3 is 2.00 bits per heavy atom. The number of hydrogen-bond acceptors (Lipinski definition) is 32. The molecule has 2 saturated heterocycles. The molecule has 0 aliphatic carbocycles. The molecule has 13 atom stereocenters. The Labute approximate surface area is 459 Å². The van der Waals surface area contributed by atoms with Gasteiger partial charge in [-0.2, -0.15) is 8.62 Å². The van der Waals surface area contributed by atoms with Gasteiger partial charge in [0.05, 0.1) is 25.1 Å². The number of rotatable bonds is 21. The van der Waals surface area contributed by atoms with Crippen LogP contribution in [0, 0.1) is 0 Å². The Bertz CT molecular complexity index is 3920. The number of fused-ring (bicyclic) bond motifs is 3. The number of ether oxygens (including phenoxy) is 3. The fourth-order valence-corrected chi connectivity index (χ4v) is 13.5. The van der Waals surface area contributed by atoms with Gasteiger partial charge in [-0.25, -0.2) is 62.7 Å². The summed E-state index contributed by atoms with van der Waals surface area (Å²) in [6.45, 7) is 0. The van der Waals surface area contributed by atoms with Crippen molar-refractivity contribution in [1.82, 2.24) is 48.6 Å². The zero-order valence-corrected chi connectivity index (χ0v) is 45.1. The zero-order valence-electron chi connectivity index (χ0n) is 40.6. The van der Waals surface area contributed by atoms with Crippen LogP contribution in [0.3, 0.4) is 0 Å². The minimum atomic E-state index is -6.87. The monoisotopic (exact) mass is 1290 g/mol. The molecular weight excluding hydrogens is 1250 g/mol. The first-order chi connectivity index (χ1) is 39.1. The van der Waals surface area contributed by atoms with Gasteiger partial charge in [-0.1, -0.05) is 0 Å². The number of nitrogen functional groups attached to an aromatic ring is 2. The highest BCUT2D eigenvalue weighted by atomic mass is 31.3.